The summed E-state index contributed by atoms with van der Waals surface area (Å²) in [7, 11) is -3.25. The fraction of sp³-hybridized carbons (Fsp3) is 0.0385. The van der Waals surface area contributed by atoms with Gasteiger partial charge in [-0.05, 0) is 72.8 Å². The summed E-state index contributed by atoms with van der Waals surface area (Å²) in [5, 5.41) is 0. The van der Waals surface area contributed by atoms with E-state index in [1.807, 2.05) is 54.6 Å². The van der Waals surface area contributed by atoms with Gasteiger partial charge in [0.05, 0.1) is 15.9 Å². The van der Waals surface area contributed by atoms with Crippen LogP contribution in [0.5, 0.6) is 0 Å². The topological polar surface area (TPSA) is 52.0 Å². The van der Waals surface area contributed by atoms with E-state index in [1.54, 1.807) is 23.9 Å². The standard InChI is InChI=1S/C26H20N2O2S2/c1-32(29,30)23-17-11-19(12-18-23)26-27-24-9-5-6-10-25(24)28(26)20-13-15-22(16-14-20)31-21-7-3-2-4-8-21/h2-18H,1H3. The molecule has 158 valence electrons. The Morgan fingerprint density at radius 1 is 0.719 bits per heavy atom. The minimum absolute atomic E-state index is 0.297. The van der Waals surface area contributed by atoms with Crippen LogP contribution in [0.2, 0.25) is 0 Å². The molecule has 0 spiro atoms. The summed E-state index contributed by atoms with van der Waals surface area (Å²) >= 11 is 1.72. The summed E-state index contributed by atoms with van der Waals surface area (Å²) in [6, 6.07) is 33.6. The SMILES string of the molecule is CS(=O)(=O)c1ccc(-c2nc3ccccc3n2-c2ccc(Sc3ccccc3)cc2)cc1. The van der Waals surface area contributed by atoms with Crippen LogP contribution in [-0.2, 0) is 9.84 Å². The molecule has 5 rings (SSSR count). The molecule has 0 radical (unpaired) electrons. The minimum Gasteiger partial charge on any atom is -0.292 e. The third-order valence-corrected chi connectivity index (χ3v) is 7.32. The van der Waals surface area contributed by atoms with E-state index in [0.717, 1.165) is 33.0 Å². The van der Waals surface area contributed by atoms with Gasteiger partial charge in [0, 0.05) is 27.3 Å². The van der Waals surface area contributed by atoms with Gasteiger partial charge in [0.1, 0.15) is 5.82 Å². The number of nitrogens with zero attached hydrogens (tertiary/aromatic N) is 2. The zero-order valence-corrected chi connectivity index (χ0v) is 19.0. The van der Waals surface area contributed by atoms with Crippen molar-refractivity contribution >= 4 is 32.6 Å². The van der Waals surface area contributed by atoms with Crippen molar-refractivity contribution in [3.05, 3.63) is 103 Å². The predicted molar refractivity (Wildman–Crippen MR) is 130 cm³/mol. The molecule has 32 heavy (non-hydrogen) atoms. The van der Waals surface area contributed by atoms with Crippen LogP contribution < -0.4 is 0 Å². The van der Waals surface area contributed by atoms with Crippen LogP contribution in [0.25, 0.3) is 28.1 Å². The molecule has 0 aliphatic carbocycles. The average molecular weight is 457 g/mol. The Bertz CT molecular complexity index is 1490. The molecule has 0 aliphatic rings. The van der Waals surface area contributed by atoms with Crippen molar-refractivity contribution in [1.82, 2.24) is 9.55 Å². The first-order valence-electron chi connectivity index (χ1n) is 10.1. The van der Waals surface area contributed by atoms with Crippen LogP contribution in [-0.4, -0.2) is 24.2 Å². The van der Waals surface area contributed by atoms with Crippen LogP contribution in [0.15, 0.2) is 118 Å². The van der Waals surface area contributed by atoms with Crippen LogP contribution in [0.1, 0.15) is 0 Å². The van der Waals surface area contributed by atoms with Gasteiger partial charge in [-0.3, -0.25) is 4.57 Å². The summed E-state index contributed by atoms with van der Waals surface area (Å²) in [5.74, 6) is 0.773. The number of imidazole rings is 1. The van der Waals surface area contributed by atoms with Gasteiger partial charge in [0.2, 0.25) is 0 Å². The molecule has 5 aromatic rings. The highest BCUT2D eigenvalue weighted by atomic mass is 32.2. The number of fused-ring (bicyclic) bond motifs is 1. The van der Waals surface area contributed by atoms with E-state index in [0.29, 0.717) is 4.90 Å². The molecule has 0 unspecified atom stereocenters. The van der Waals surface area contributed by atoms with Crippen molar-refractivity contribution in [3.63, 3.8) is 0 Å². The Morgan fingerprint density at radius 2 is 1.34 bits per heavy atom. The molecule has 0 N–H and O–H groups in total. The lowest BCUT2D eigenvalue weighted by Gasteiger charge is -2.11. The van der Waals surface area contributed by atoms with E-state index in [4.69, 9.17) is 4.98 Å². The maximum Gasteiger partial charge on any atom is 0.175 e. The third kappa shape index (κ3) is 4.07. The Hall–Kier alpha value is -3.35. The number of rotatable bonds is 5. The van der Waals surface area contributed by atoms with Crippen molar-refractivity contribution in [2.24, 2.45) is 0 Å². The maximum atomic E-state index is 11.9. The lowest BCUT2D eigenvalue weighted by atomic mass is 10.2. The van der Waals surface area contributed by atoms with Crippen molar-refractivity contribution < 1.29 is 8.42 Å². The maximum absolute atomic E-state index is 11.9. The van der Waals surface area contributed by atoms with Crippen molar-refractivity contribution in [2.45, 2.75) is 14.7 Å². The van der Waals surface area contributed by atoms with Crippen LogP contribution in [0, 0.1) is 0 Å². The van der Waals surface area contributed by atoms with Crippen molar-refractivity contribution in [3.8, 4) is 17.1 Å². The number of hydrogen-bond acceptors (Lipinski definition) is 4. The molecule has 4 nitrogen and oxygen atoms in total. The average Bonchev–Trinajstić information content (AvgIpc) is 3.19. The number of aromatic nitrogens is 2. The first-order chi connectivity index (χ1) is 15.5. The molecule has 0 fully saturated rings. The van der Waals surface area contributed by atoms with E-state index in [9.17, 15) is 8.42 Å². The monoisotopic (exact) mass is 456 g/mol. The zero-order valence-electron chi connectivity index (χ0n) is 17.3. The quantitative estimate of drug-likeness (QED) is 0.314. The van der Waals surface area contributed by atoms with E-state index >= 15 is 0 Å². The van der Waals surface area contributed by atoms with Crippen molar-refractivity contribution in [2.75, 3.05) is 6.26 Å². The smallest absolute Gasteiger partial charge is 0.175 e. The number of sulfone groups is 1. The first kappa shape index (κ1) is 20.5. The molecular weight excluding hydrogens is 436 g/mol. The minimum atomic E-state index is -3.25. The largest absolute Gasteiger partial charge is 0.292 e. The molecule has 0 saturated carbocycles. The van der Waals surface area contributed by atoms with E-state index in [2.05, 4.69) is 41.0 Å². The van der Waals surface area contributed by atoms with Gasteiger partial charge >= 0.3 is 0 Å². The van der Waals surface area contributed by atoms with Crippen molar-refractivity contribution in [1.29, 1.82) is 0 Å². The van der Waals surface area contributed by atoms with Gasteiger partial charge in [-0.1, -0.05) is 42.1 Å². The summed E-state index contributed by atoms with van der Waals surface area (Å²) in [4.78, 5) is 7.50. The number of hydrogen-bond donors (Lipinski definition) is 0. The molecule has 0 saturated heterocycles. The van der Waals surface area contributed by atoms with E-state index in [1.165, 1.54) is 11.2 Å². The second kappa shape index (κ2) is 8.30. The van der Waals surface area contributed by atoms with Gasteiger partial charge in [-0.25, -0.2) is 13.4 Å². The molecule has 6 heteroatoms. The highest BCUT2D eigenvalue weighted by molar-refractivity contribution is 7.99. The van der Waals surface area contributed by atoms with Crippen LogP contribution in [0.4, 0.5) is 0 Å². The van der Waals surface area contributed by atoms with Crippen LogP contribution in [0.3, 0.4) is 0 Å². The summed E-state index contributed by atoms with van der Waals surface area (Å²) in [5.41, 5.74) is 3.74. The van der Waals surface area contributed by atoms with Crippen LogP contribution >= 0.6 is 11.8 Å². The Kier molecular flexibility index (Phi) is 5.33. The Balaban J connectivity index is 1.58. The molecule has 1 heterocycles. The van der Waals surface area contributed by atoms with E-state index < -0.39 is 9.84 Å². The molecule has 0 aliphatic heterocycles. The molecule has 4 aromatic carbocycles. The molecular formula is C26H20N2O2S2. The summed E-state index contributed by atoms with van der Waals surface area (Å²) in [6.07, 6.45) is 1.21. The summed E-state index contributed by atoms with van der Waals surface area (Å²) in [6.45, 7) is 0. The highest BCUT2D eigenvalue weighted by Gasteiger charge is 2.15. The first-order valence-corrected chi connectivity index (χ1v) is 12.8. The fourth-order valence-corrected chi connectivity index (χ4v) is 5.09. The molecule has 0 atom stereocenters. The molecule has 0 amide bonds. The fourth-order valence-electron chi connectivity index (χ4n) is 3.62. The number of para-hydroxylation sites is 2. The van der Waals surface area contributed by atoms with Gasteiger partial charge in [0.15, 0.2) is 9.84 Å². The zero-order chi connectivity index (χ0) is 22.1. The lowest BCUT2D eigenvalue weighted by Crippen LogP contribution is -1.99. The van der Waals surface area contributed by atoms with Gasteiger partial charge in [0.25, 0.3) is 0 Å². The van der Waals surface area contributed by atoms with Gasteiger partial charge < -0.3 is 0 Å². The van der Waals surface area contributed by atoms with E-state index in [-0.39, 0.29) is 0 Å². The number of benzene rings is 4. The lowest BCUT2D eigenvalue weighted by molar-refractivity contribution is 0.602. The normalized spacial score (nSPS) is 11.7. The predicted octanol–water partition coefficient (Wildman–Crippen LogP) is 6.25. The third-order valence-electron chi connectivity index (χ3n) is 5.18. The Labute approximate surface area is 191 Å². The second-order valence-electron chi connectivity index (χ2n) is 7.47. The van der Waals surface area contributed by atoms with Gasteiger partial charge in [-0.15, -0.1) is 0 Å². The second-order valence-corrected chi connectivity index (χ2v) is 10.6. The molecule has 1 aromatic heterocycles. The summed E-state index contributed by atoms with van der Waals surface area (Å²) < 4.78 is 25.8. The van der Waals surface area contributed by atoms with Gasteiger partial charge in [-0.2, -0.15) is 0 Å². The Morgan fingerprint density at radius 3 is 2.03 bits per heavy atom. The molecule has 0 bridgehead atoms. The highest BCUT2D eigenvalue weighted by Crippen LogP contribution is 2.32.